The Bertz CT molecular complexity index is 979. The summed E-state index contributed by atoms with van der Waals surface area (Å²) in [4.78, 5) is 4.22. The van der Waals surface area contributed by atoms with Crippen molar-refractivity contribution < 1.29 is 5.11 Å². The third-order valence-electron chi connectivity index (χ3n) is 3.84. The van der Waals surface area contributed by atoms with Crippen molar-refractivity contribution in [2.45, 2.75) is 12.8 Å². The van der Waals surface area contributed by atoms with Gasteiger partial charge >= 0.3 is 0 Å². The van der Waals surface area contributed by atoms with Crippen molar-refractivity contribution in [2.75, 3.05) is 0 Å². The topological polar surface area (TPSA) is 56.9 Å². The minimum atomic E-state index is 0. The van der Waals surface area contributed by atoms with E-state index < -0.39 is 0 Å². The number of halogens is 1. The quantitative estimate of drug-likeness (QED) is 0.710. The highest BCUT2D eigenvalue weighted by atomic mass is 35.5. The molecule has 0 spiro atoms. The van der Waals surface area contributed by atoms with Gasteiger partial charge in [0.05, 0.1) is 11.6 Å². The molecule has 2 aromatic carbocycles. The molecule has 4 heteroatoms. The zero-order chi connectivity index (χ0) is 17.5. The van der Waals surface area contributed by atoms with E-state index in [-0.39, 0.29) is 18.2 Å². The molecule has 128 valence electrons. The number of phenols is 1. The van der Waals surface area contributed by atoms with Crippen LogP contribution in [-0.4, -0.2) is 10.1 Å². The first kappa shape index (κ1) is 19.1. The summed E-state index contributed by atoms with van der Waals surface area (Å²) in [6, 6.07) is 18.6. The Balaban J connectivity index is 0.00000243. The van der Waals surface area contributed by atoms with Gasteiger partial charge in [-0.3, -0.25) is 4.98 Å². The molecule has 0 radical (unpaired) electrons. The van der Waals surface area contributed by atoms with Crippen molar-refractivity contribution in [2.24, 2.45) is 0 Å². The molecule has 26 heavy (non-hydrogen) atoms. The molecule has 0 aliphatic carbocycles. The number of hydrogen-bond donors (Lipinski definition) is 1. The minimum absolute atomic E-state index is 0. The van der Waals surface area contributed by atoms with Gasteiger partial charge in [0.15, 0.2) is 0 Å². The second-order valence-electron chi connectivity index (χ2n) is 5.66. The van der Waals surface area contributed by atoms with E-state index in [1.807, 2.05) is 42.6 Å². The van der Waals surface area contributed by atoms with E-state index in [9.17, 15) is 5.11 Å². The van der Waals surface area contributed by atoms with Crippen LogP contribution in [0.5, 0.6) is 5.75 Å². The zero-order valence-corrected chi connectivity index (χ0v) is 14.8. The van der Waals surface area contributed by atoms with Gasteiger partial charge in [0.1, 0.15) is 5.75 Å². The highest BCUT2D eigenvalue weighted by molar-refractivity contribution is 5.85. The largest absolute Gasteiger partial charge is 0.508 e. The van der Waals surface area contributed by atoms with E-state index in [1.54, 1.807) is 24.4 Å². The number of phenolic OH excluding ortho intramolecular Hbond substituents is 1. The van der Waals surface area contributed by atoms with Crippen LogP contribution in [0.4, 0.5) is 0 Å². The van der Waals surface area contributed by atoms with Gasteiger partial charge < -0.3 is 5.11 Å². The fourth-order valence-electron chi connectivity index (χ4n) is 2.53. The molecule has 0 aliphatic rings. The van der Waals surface area contributed by atoms with Crippen molar-refractivity contribution in [3.63, 3.8) is 0 Å². The normalized spacial score (nSPS) is 9.35. The van der Waals surface area contributed by atoms with Crippen LogP contribution in [0.3, 0.4) is 0 Å². The Morgan fingerprint density at radius 3 is 2.50 bits per heavy atom. The number of nitrogens with zero attached hydrogens (tertiary/aromatic N) is 2. The number of nitriles is 1. The molecule has 0 fully saturated rings. The van der Waals surface area contributed by atoms with Crippen LogP contribution in [-0.2, 0) is 12.8 Å². The predicted octanol–water partition coefficient (Wildman–Crippen LogP) is 4.27. The molecule has 0 atom stereocenters. The van der Waals surface area contributed by atoms with Crippen LogP contribution in [0, 0.1) is 23.2 Å². The van der Waals surface area contributed by atoms with Crippen LogP contribution >= 0.6 is 12.4 Å². The van der Waals surface area contributed by atoms with Gasteiger partial charge in [0.25, 0.3) is 0 Å². The van der Waals surface area contributed by atoms with Gasteiger partial charge in [-0.05, 0) is 59.5 Å². The van der Waals surface area contributed by atoms with Crippen LogP contribution in [0.15, 0.2) is 67.0 Å². The Hall–Kier alpha value is -3.27. The maximum atomic E-state index is 9.48. The van der Waals surface area contributed by atoms with Crippen LogP contribution in [0.1, 0.15) is 27.8 Å². The predicted molar refractivity (Wildman–Crippen MR) is 104 cm³/mol. The smallest absolute Gasteiger partial charge is 0.116 e. The molecule has 1 heterocycles. The molecule has 1 aromatic heterocycles. The summed E-state index contributed by atoms with van der Waals surface area (Å²) in [6.07, 6.45) is 5.00. The molecular formula is C22H17ClN2O. The lowest BCUT2D eigenvalue weighted by Crippen LogP contribution is -1.96. The molecule has 0 amide bonds. The lowest BCUT2D eigenvalue weighted by atomic mass is 9.99. The second kappa shape index (κ2) is 9.28. The number of hydrogen-bond acceptors (Lipinski definition) is 3. The molecule has 0 aliphatic heterocycles. The van der Waals surface area contributed by atoms with E-state index >= 15 is 0 Å². The first-order valence-electron chi connectivity index (χ1n) is 7.93. The Labute approximate surface area is 159 Å². The minimum Gasteiger partial charge on any atom is -0.508 e. The molecule has 3 rings (SSSR count). The maximum absolute atomic E-state index is 9.48. The lowest BCUT2D eigenvalue weighted by Gasteiger charge is -2.06. The van der Waals surface area contributed by atoms with Gasteiger partial charge in [-0.15, -0.1) is 12.4 Å². The Kier molecular flexibility index (Phi) is 6.80. The SMILES string of the molecule is Cl.N#Cc1ccc(Cc2cnccc2CC#Cc2cccc(O)c2)cc1. The van der Waals surface area contributed by atoms with Gasteiger partial charge in [0, 0.05) is 24.4 Å². The van der Waals surface area contributed by atoms with Crippen molar-refractivity contribution in [3.05, 3.63) is 94.8 Å². The monoisotopic (exact) mass is 360 g/mol. The zero-order valence-electron chi connectivity index (χ0n) is 14.0. The number of rotatable bonds is 3. The standard InChI is InChI=1S/C22H16N2O.ClH/c23-15-19-9-7-18(8-10-19)13-21-16-24-12-11-20(21)5-1-3-17-4-2-6-22(25)14-17;/h2,4,6-12,14,16,25H,5,13H2;1H. The van der Waals surface area contributed by atoms with Gasteiger partial charge in [0.2, 0.25) is 0 Å². The van der Waals surface area contributed by atoms with Gasteiger partial charge in [-0.1, -0.05) is 30.0 Å². The average Bonchev–Trinajstić information content (AvgIpc) is 2.64. The van der Waals surface area contributed by atoms with Crippen LogP contribution in [0.2, 0.25) is 0 Å². The third kappa shape index (κ3) is 5.11. The molecule has 3 nitrogen and oxygen atoms in total. The number of aromatic nitrogens is 1. The molecule has 0 saturated heterocycles. The summed E-state index contributed by atoms with van der Waals surface area (Å²) in [5.74, 6) is 6.45. The van der Waals surface area contributed by atoms with E-state index in [2.05, 4.69) is 22.9 Å². The third-order valence-corrected chi connectivity index (χ3v) is 3.84. The van der Waals surface area contributed by atoms with Gasteiger partial charge in [-0.25, -0.2) is 0 Å². The summed E-state index contributed by atoms with van der Waals surface area (Å²) in [7, 11) is 0. The molecular weight excluding hydrogens is 344 g/mol. The fourth-order valence-corrected chi connectivity index (χ4v) is 2.53. The highest BCUT2D eigenvalue weighted by Gasteiger charge is 2.03. The average molecular weight is 361 g/mol. The van der Waals surface area contributed by atoms with Gasteiger partial charge in [-0.2, -0.15) is 5.26 Å². The second-order valence-corrected chi connectivity index (χ2v) is 5.66. The summed E-state index contributed by atoms with van der Waals surface area (Å²) in [6.45, 7) is 0. The fraction of sp³-hybridized carbons (Fsp3) is 0.0909. The first-order chi connectivity index (χ1) is 12.2. The van der Waals surface area contributed by atoms with Crippen molar-refractivity contribution in [1.29, 1.82) is 5.26 Å². The molecule has 0 saturated carbocycles. The number of aromatic hydroxyl groups is 1. The van der Waals surface area contributed by atoms with E-state index in [4.69, 9.17) is 5.26 Å². The highest BCUT2D eigenvalue weighted by Crippen LogP contribution is 2.15. The van der Waals surface area contributed by atoms with E-state index in [1.165, 1.54) is 0 Å². The van der Waals surface area contributed by atoms with Crippen LogP contribution < -0.4 is 0 Å². The number of pyridine rings is 1. The Morgan fingerprint density at radius 2 is 1.77 bits per heavy atom. The molecule has 0 bridgehead atoms. The molecule has 1 N–H and O–H groups in total. The van der Waals surface area contributed by atoms with Crippen molar-refractivity contribution in [1.82, 2.24) is 4.98 Å². The van der Waals surface area contributed by atoms with E-state index in [0.29, 0.717) is 12.0 Å². The summed E-state index contributed by atoms with van der Waals surface area (Å²) < 4.78 is 0. The van der Waals surface area contributed by atoms with Crippen LogP contribution in [0.25, 0.3) is 0 Å². The first-order valence-corrected chi connectivity index (χ1v) is 7.93. The molecule has 0 unspecified atom stereocenters. The Morgan fingerprint density at radius 1 is 0.962 bits per heavy atom. The lowest BCUT2D eigenvalue weighted by molar-refractivity contribution is 0.475. The summed E-state index contributed by atoms with van der Waals surface area (Å²) in [5, 5.41) is 18.4. The van der Waals surface area contributed by atoms with Crippen molar-refractivity contribution >= 4 is 12.4 Å². The summed E-state index contributed by atoms with van der Waals surface area (Å²) >= 11 is 0. The molecule has 3 aromatic rings. The number of benzene rings is 2. The van der Waals surface area contributed by atoms with E-state index in [0.717, 1.165) is 28.7 Å². The van der Waals surface area contributed by atoms with Crippen molar-refractivity contribution in [3.8, 4) is 23.7 Å². The summed E-state index contributed by atoms with van der Waals surface area (Å²) in [5.41, 5.74) is 4.84. The maximum Gasteiger partial charge on any atom is 0.116 e.